The molecule has 1 unspecified atom stereocenters. The number of benzene rings is 2. The van der Waals surface area contributed by atoms with Crippen molar-refractivity contribution in [2.45, 2.75) is 13.0 Å². The molecule has 2 N–H and O–H groups in total. The summed E-state index contributed by atoms with van der Waals surface area (Å²) in [5, 5.41) is -0.0237. The molecule has 0 saturated heterocycles. The molecule has 6 heteroatoms. The Morgan fingerprint density at radius 1 is 1.19 bits per heavy atom. The first-order chi connectivity index (χ1) is 9.99. The van der Waals surface area contributed by atoms with E-state index in [9.17, 15) is 8.78 Å². The number of rotatable bonds is 2. The second-order valence-corrected chi connectivity index (χ2v) is 5.20. The lowest BCUT2D eigenvalue weighted by Gasteiger charge is -2.17. The number of imidazole rings is 1. The lowest BCUT2D eigenvalue weighted by atomic mass is 10.1. The summed E-state index contributed by atoms with van der Waals surface area (Å²) >= 11 is 5.82. The van der Waals surface area contributed by atoms with Crippen LogP contribution in [0.4, 0.5) is 14.7 Å². The predicted molar refractivity (Wildman–Crippen MR) is 79.3 cm³/mol. The molecule has 0 bridgehead atoms. The fraction of sp³-hybridized carbons (Fsp3) is 0.133. The number of fused-ring (bicyclic) bond motifs is 1. The highest BCUT2D eigenvalue weighted by molar-refractivity contribution is 6.31. The zero-order chi connectivity index (χ0) is 15.1. The van der Waals surface area contributed by atoms with Gasteiger partial charge in [-0.05, 0) is 19.1 Å². The number of nitrogen functional groups attached to an aromatic ring is 1. The Kier molecular flexibility index (Phi) is 3.29. The fourth-order valence-corrected chi connectivity index (χ4v) is 2.63. The largest absolute Gasteiger partial charge is 0.369 e. The number of nitrogens with two attached hydrogens (primary N) is 1. The van der Waals surface area contributed by atoms with E-state index in [-0.39, 0.29) is 16.8 Å². The molecule has 0 saturated carbocycles. The number of aromatic nitrogens is 2. The summed E-state index contributed by atoms with van der Waals surface area (Å²) in [4.78, 5) is 4.11. The van der Waals surface area contributed by atoms with Crippen LogP contribution in [0.5, 0.6) is 0 Å². The molecule has 0 aliphatic rings. The molecule has 3 nitrogen and oxygen atoms in total. The summed E-state index contributed by atoms with van der Waals surface area (Å²) in [5.41, 5.74) is 7.33. The molecule has 0 radical (unpaired) electrons. The van der Waals surface area contributed by atoms with E-state index in [4.69, 9.17) is 17.3 Å². The van der Waals surface area contributed by atoms with Crippen molar-refractivity contribution in [3.05, 3.63) is 58.6 Å². The van der Waals surface area contributed by atoms with Crippen LogP contribution in [-0.2, 0) is 0 Å². The minimum Gasteiger partial charge on any atom is -0.369 e. The van der Waals surface area contributed by atoms with Crippen molar-refractivity contribution in [3.8, 4) is 0 Å². The van der Waals surface area contributed by atoms with E-state index in [2.05, 4.69) is 4.98 Å². The third-order valence-corrected chi connectivity index (χ3v) is 3.79. The van der Waals surface area contributed by atoms with Crippen LogP contribution in [-0.4, -0.2) is 9.55 Å². The van der Waals surface area contributed by atoms with Gasteiger partial charge < -0.3 is 10.3 Å². The maximum atomic E-state index is 13.9. The normalized spacial score (nSPS) is 12.8. The summed E-state index contributed by atoms with van der Waals surface area (Å²) in [6, 6.07) is 8.71. The Hall–Kier alpha value is -2.14. The van der Waals surface area contributed by atoms with E-state index in [1.807, 2.05) is 0 Å². The summed E-state index contributed by atoms with van der Waals surface area (Å²) in [6.45, 7) is 1.80. The number of hydrogen-bond acceptors (Lipinski definition) is 2. The van der Waals surface area contributed by atoms with Gasteiger partial charge in [-0.25, -0.2) is 13.8 Å². The maximum absolute atomic E-state index is 13.9. The summed E-state index contributed by atoms with van der Waals surface area (Å²) in [7, 11) is 0. The predicted octanol–water partition coefficient (Wildman–Crippen LogP) is 4.16. The molecule has 3 rings (SSSR count). The highest BCUT2D eigenvalue weighted by Gasteiger charge is 2.19. The second kappa shape index (κ2) is 5.00. The van der Waals surface area contributed by atoms with Crippen molar-refractivity contribution in [1.82, 2.24) is 9.55 Å². The van der Waals surface area contributed by atoms with Gasteiger partial charge in [0.05, 0.1) is 22.1 Å². The van der Waals surface area contributed by atoms with Gasteiger partial charge in [-0.3, -0.25) is 0 Å². The molecule has 0 amide bonds. The van der Waals surface area contributed by atoms with Crippen molar-refractivity contribution in [2.24, 2.45) is 0 Å². The van der Waals surface area contributed by atoms with Crippen molar-refractivity contribution < 1.29 is 8.78 Å². The molecular weight excluding hydrogens is 296 g/mol. The lowest BCUT2D eigenvalue weighted by molar-refractivity contribution is 0.567. The Balaban J connectivity index is 2.22. The Bertz CT molecular complexity index is 829. The monoisotopic (exact) mass is 307 g/mol. The number of anilines is 1. The second-order valence-electron chi connectivity index (χ2n) is 4.79. The molecule has 0 fully saturated rings. The highest BCUT2D eigenvalue weighted by Crippen LogP contribution is 2.31. The first kappa shape index (κ1) is 13.8. The SMILES string of the molecule is CC(c1ccccc1F)n1c(N)nc2cc(F)c(Cl)cc21. The summed E-state index contributed by atoms with van der Waals surface area (Å²) < 4.78 is 29.1. The molecule has 0 spiro atoms. The minimum atomic E-state index is -0.563. The van der Waals surface area contributed by atoms with Crippen LogP contribution >= 0.6 is 11.6 Å². The molecule has 3 aromatic rings. The van der Waals surface area contributed by atoms with Gasteiger partial charge in [0.1, 0.15) is 11.6 Å². The van der Waals surface area contributed by atoms with E-state index in [0.29, 0.717) is 16.6 Å². The zero-order valence-electron chi connectivity index (χ0n) is 11.1. The van der Waals surface area contributed by atoms with Gasteiger partial charge in [-0.1, -0.05) is 29.8 Å². The average Bonchev–Trinajstić information content (AvgIpc) is 2.74. The topological polar surface area (TPSA) is 43.8 Å². The van der Waals surface area contributed by atoms with Crippen LogP contribution in [0.15, 0.2) is 36.4 Å². The molecule has 108 valence electrons. The number of nitrogens with zero attached hydrogens (tertiary/aromatic N) is 2. The molecule has 1 aromatic heterocycles. The van der Waals surface area contributed by atoms with Gasteiger partial charge in [0, 0.05) is 11.6 Å². The molecule has 1 atom stereocenters. The molecule has 1 heterocycles. The van der Waals surface area contributed by atoms with Gasteiger partial charge in [0.25, 0.3) is 0 Å². The standard InChI is InChI=1S/C15H12ClF2N3/c1-8(9-4-2-3-5-11(9)17)21-14-6-10(16)12(18)7-13(14)20-15(21)19/h2-8H,1H3,(H2,19,20). The molecule has 21 heavy (non-hydrogen) atoms. The maximum Gasteiger partial charge on any atom is 0.201 e. The molecule has 2 aromatic carbocycles. The van der Waals surface area contributed by atoms with Gasteiger partial charge in [0.15, 0.2) is 0 Å². The summed E-state index contributed by atoms with van der Waals surface area (Å²) in [6.07, 6.45) is 0. The quantitative estimate of drug-likeness (QED) is 0.772. The van der Waals surface area contributed by atoms with Gasteiger partial charge in [-0.15, -0.1) is 0 Å². The average molecular weight is 308 g/mol. The van der Waals surface area contributed by atoms with Crippen molar-refractivity contribution >= 4 is 28.6 Å². The van der Waals surface area contributed by atoms with Gasteiger partial charge in [-0.2, -0.15) is 0 Å². The lowest BCUT2D eigenvalue weighted by Crippen LogP contribution is -2.11. The third-order valence-electron chi connectivity index (χ3n) is 3.50. The van der Waals surface area contributed by atoms with Crippen LogP contribution in [0.2, 0.25) is 5.02 Å². The van der Waals surface area contributed by atoms with Crippen LogP contribution in [0, 0.1) is 11.6 Å². The zero-order valence-corrected chi connectivity index (χ0v) is 11.9. The van der Waals surface area contributed by atoms with Crippen LogP contribution < -0.4 is 5.73 Å². The van der Waals surface area contributed by atoms with E-state index < -0.39 is 11.9 Å². The van der Waals surface area contributed by atoms with Gasteiger partial charge >= 0.3 is 0 Å². The van der Waals surface area contributed by atoms with E-state index >= 15 is 0 Å². The number of halogens is 3. The van der Waals surface area contributed by atoms with Crippen LogP contribution in [0.3, 0.4) is 0 Å². The molecule has 0 aliphatic heterocycles. The minimum absolute atomic E-state index is 0.0237. The Morgan fingerprint density at radius 2 is 1.90 bits per heavy atom. The third kappa shape index (κ3) is 2.23. The molecule has 0 aliphatic carbocycles. The Morgan fingerprint density at radius 3 is 2.62 bits per heavy atom. The Labute approximate surface area is 125 Å². The molecular formula is C15H12ClF2N3. The first-order valence-corrected chi connectivity index (χ1v) is 6.73. The van der Waals surface area contributed by atoms with Crippen molar-refractivity contribution in [2.75, 3.05) is 5.73 Å². The van der Waals surface area contributed by atoms with Crippen LogP contribution in [0.25, 0.3) is 11.0 Å². The smallest absolute Gasteiger partial charge is 0.201 e. The first-order valence-electron chi connectivity index (χ1n) is 6.36. The highest BCUT2D eigenvalue weighted by atomic mass is 35.5. The van der Waals surface area contributed by atoms with Gasteiger partial charge in [0.2, 0.25) is 5.95 Å². The number of hydrogen-bond donors (Lipinski definition) is 1. The van der Waals surface area contributed by atoms with E-state index in [0.717, 1.165) is 0 Å². The fourth-order valence-electron chi connectivity index (χ4n) is 2.47. The van der Waals surface area contributed by atoms with E-state index in [1.165, 1.54) is 18.2 Å². The summed E-state index contributed by atoms with van der Waals surface area (Å²) in [5.74, 6) is -0.714. The van der Waals surface area contributed by atoms with E-state index in [1.54, 1.807) is 29.7 Å². The van der Waals surface area contributed by atoms with Crippen LogP contribution in [0.1, 0.15) is 18.5 Å². The van der Waals surface area contributed by atoms with Crippen molar-refractivity contribution in [1.29, 1.82) is 0 Å². The van der Waals surface area contributed by atoms with Crippen molar-refractivity contribution in [3.63, 3.8) is 0 Å².